The summed E-state index contributed by atoms with van der Waals surface area (Å²) < 4.78 is 51.2. The van der Waals surface area contributed by atoms with Gasteiger partial charge in [0.25, 0.3) is 0 Å². The van der Waals surface area contributed by atoms with Gasteiger partial charge in [-0.15, -0.1) is 0 Å². The zero-order valence-corrected chi connectivity index (χ0v) is 19.4. The number of fused-ring (bicyclic) bond motifs is 2. The molecule has 0 N–H and O–H groups in total. The predicted octanol–water partition coefficient (Wildman–Crippen LogP) is 6.23. The average molecular weight is 496 g/mol. The number of nitrogens with zero attached hydrogens (tertiary/aromatic N) is 3. The number of carbonyl (C=O) groups excluding carboxylic acids is 1. The van der Waals surface area contributed by atoms with E-state index in [0.29, 0.717) is 55.4 Å². The highest BCUT2D eigenvalue weighted by atomic mass is 19.4. The van der Waals surface area contributed by atoms with Crippen molar-refractivity contribution in [2.45, 2.75) is 19.2 Å². The molecule has 9 heteroatoms. The zero-order valence-electron chi connectivity index (χ0n) is 19.4. The maximum atomic E-state index is 13.3. The quantitative estimate of drug-likeness (QED) is 0.423. The summed E-state index contributed by atoms with van der Waals surface area (Å²) in [6.45, 7) is 2.26. The van der Waals surface area contributed by atoms with Gasteiger partial charge < -0.3 is 19.3 Å². The maximum Gasteiger partial charge on any atom is 0.416 e. The van der Waals surface area contributed by atoms with E-state index in [9.17, 15) is 18.0 Å². The molecule has 1 amide bonds. The number of rotatable bonds is 2. The summed E-state index contributed by atoms with van der Waals surface area (Å²) in [6.07, 6.45) is -4.18. The van der Waals surface area contributed by atoms with E-state index in [2.05, 4.69) is 0 Å². The highest BCUT2D eigenvalue weighted by Gasteiger charge is 2.33. The second-order valence-electron chi connectivity index (χ2n) is 8.58. The zero-order chi connectivity index (χ0) is 25.1. The van der Waals surface area contributed by atoms with Gasteiger partial charge in [-0.1, -0.05) is 42.5 Å². The molecule has 1 fully saturated rings. The molecular weight excluding hydrogens is 471 g/mol. The van der Waals surface area contributed by atoms with Crippen LogP contribution in [0.1, 0.15) is 23.1 Å². The van der Waals surface area contributed by atoms with Gasteiger partial charge in [0.1, 0.15) is 23.9 Å². The van der Waals surface area contributed by atoms with E-state index in [-0.39, 0.29) is 18.4 Å². The van der Waals surface area contributed by atoms with Crippen molar-refractivity contribution in [1.29, 1.82) is 0 Å². The van der Waals surface area contributed by atoms with Crippen molar-refractivity contribution >= 4 is 17.6 Å². The Balaban J connectivity index is 1.36. The molecule has 5 rings (SSSR count). The SMILES string of the molecule is O=C(OCc1ccccc1)N1CCCN(C2=Nc3ccc(C(F)(F)F)cc3Oc3ccccc32)CC1. The van der Waals surface area contributed by atoms with Crippen LogP contribution in [0, 0.1) is 0 Å². The van der Waals surface area contributed by atoms with Crippen LogP contribution in [-0.4, -0.2) is 47.9 Å². The standard InChI is InChI=1S/C27H24F3N3O3/c28-27(29,30)20-11-12-22-24(17-20)36-23-10-5-4-9-21(23)25(31-22)32-13-6-14-33(16-15-32)26(34)35-18-19-7-2-1-3-8-19/h1-5,7-12,17H,6,13-16,18H2. The van der Waals surface area contributed by atoms with Crippen molar-refractivity contribution in [2.75, 3.05) is 26.2 Å². The molecule has 2 heterocycles. The molecule has 2 aliphatic heterocycles. The Labute approximate surface area is 206 Å². The number of carbonyl (C=O) groups is 1. The van der Waals surface area contributed by atoms with Crippen LogP contribution in [0.15, 0.2) is 77.8 Å². The van der Waals surface area contributed by atoms with E-state index in [1.54, 1.807) is 17.0 Å². The number of halogens is 3. The Morgan fingerprint density at radius 1 is 0.917 bits per heavy atom. The molecular formula is C27H24F3N3O3. The van der Waals surface area contributed by atoms with E-state index in [4.69, 9.17) is 14.5 Å². The number of amidine groups is 1. The minimum absolute atomic E-state index is 0.0493. The van der Waals surface area contributed by atoms with Crippen LogP contribution < -0.4 is 4.74 Å². The number of benzene rings is 3. The Morgan fingerprint density at radius 2 is 1.69 bits per heavy atom. The second-order valence-corrected chi connectivity index (χ2v) is 8.58. The fraction of sp³-hybridized carbons (Fsp3) is 0.259. The minimum atomic E-state index is -4.49. The summed E-state index contributed by atoms with van der Waals surface area (Å²) in [5.41, 5.74) is 1.12. The lowest BCUT2D eigenvalue weighted by molar-refractivity contribution is -0.137. The fourth-order valence-corrected chi connectivity index (χ4v) is 4.26. The van der Waals surface area contributed by atoms with Crippen molar-refractivity contribution < 1.29 is 27.4 Å². The first-order valence-corrected chi connectivity index (χ1v) is 11.7. The van der Waals surface area contributed by atoms with Crippen molar-refractivity contribution in [3.8, 4) is 11.5 Å². The van der Waals surface area contributed by atoms with Crippen LogP contribution in [0.25, 0.3) is 0 Å². The fourth-order valence-electron chi connectivity index (χ4n) is 4.26. The Hall–Kier alpha value is -4.01. The van der Waals surface area contributed by atoms with Crippen molar-refractivity contribution in [1.82, 2.24) is 9.80 Å². The highest BCUT2D eigenvalue weighted by molar-refractivity contribution is 6.03. The third-order valence-electron chi connectivity index (χ3n) is 6.12. The lowest BCUT2D eigenvalue weighted by Crippen LogP contribution is -2.37. The first kappa shape index (κ1) is 23.7. The monoisotopic (exact) mass is 495 g/mol. The third kappa shape index (κ3) is 5.15. The molecule has 3 aromatic carbocycles. The smallest absolute Gasteiger partial charge is 0.416 e. The van der Waals surface area contributed by atoms with E-state index in [1.807, 2.05) is 47.4 Å². The predicted molar refractivity (Wildman–Crippen MR) is 129 cm³/mol. The Kier molecular flexibility index (Phi) is 6.54. The highest BCUT2D eigenvalue weighted by Crippen LogP contribution is 2.41. The number of ether oxygens (including phenoxy) is 2. The van der Waals surface area contributed by atoms with E-state index < -0.39 is 11.7 Å². The molecule has 3 aromatic rings. The maximum absolute atomic E-state index is 13.3. The van der Waals surface area contributed by atoms with Gasteiger partial charge in [-0.3, -0.25) is 0 Å². The van der Waals surface area contributed by atoms with Gasteiger partial charge in [-0.25, -0.2) is 9.79 Å². The van der Waals surface area contributed by atoms with Crippen LogP contribution in [0.3, 0.4) is 0 Å². The summed E-state index contributed by atoms with van der Waals surface area (Å²) >= 11 is 0. The molecule has 0 bridgehead atoms. The molecule has 0 unspecified atom stereocenters. The molecule has 0 saturated carbocycles. The number of hydrogen-bond donors (Lipinski definition) is 0. The van der Waals surface area contributed by atoms with Gasteiger partial charge in [-0.05, 0) is 42.3 Å². The van der Waals surface area contributed by atoms with Crippen LogP contribution in [0.5, 0.6) is 11.5 Å². The number of amides is 1. The molecule has 0 radical (unpaired) electrons. The van der Waals surface area contributed by atoms with Crippen molar-refractivity contribution in [3.05, 3.63) is 89.5 Å². The van der Waals surface area contributed by atoms with Crippen molar-refractivity contribution in [3.63, 3.8) is 0 Å². The number of para-hydroxylation sites is 1. The number of alkyl halides is 3. The molecule has 6 nitrogen and oxygen atoms in total. The summed E-state index contributed by atoms with van der Waals surface area (Å²) in [5, 5.41) is 0. The first-order chi connectivity index (χ1) is 17.4. The van der Waals surface area contributed by atoms with Gasteiger partial charge in [0.05, 0.1) is 11.1 Å². The second kappa shape index (κ2) is 9.93. The summed E-state index contributed by atoms with van der Waals surface area (Å²) in [6, 6.07) is 19.9. The molecule has 1 saturated heterocycles. The van der Waals surface area contributed by atoms with Crippen LogP contribution >= 0.6 is 0 Å². The molecule has 0 aliphatic carbocycles. The Morgan fingerprint density at radius 3 is 2.50 bits per heavy atom. The lowest BCUT2D eigenvalue weighted by Gasteiger charge is -2.25. The van der Waals surface area contributed by atoms with Gasteiger partial charge in [0, 0.05) is 26.2 Å². The molecule has 0 atom stereocenters. The molecule has 0 spiro atoms. The van der Waals surface area contributed by atoms with E-state index in [1.165, 1.54) is 6.07 Å². The molecule has 2 aliphatic rings. The Bertz CT molecular complexity index is 1280. The van der Waals surface area contributed by atoms with Crippen LogP contribution in [0.2, 0.25) is 0 Å². The molecule has 0 aromatic heterocycles. The normalized spacial score (nSPS) is 15.6. The van der Waals surface area contributed by atoms with Crippen LogP contribution in [0.4, 0.5) is 23.7 Å². The van der Waals surface area contributed by atoms with Gasteiger partial charge >= 0.3 is 12.3 Å². The topological polar surface area (TPSA) is 54.4 Å². The van der Waals surface area contributed by atoms with Crippen LogP contribution in [-0.2, 0) is 17.5 Å². The molecule has 36 heavy (non-hydrogen) atoms. The van der Waals surface area contributed by atoms with Crippen molar-refractivity contribution in [2.24, 2.45) is 4.99 Å². The average Bonchev–Trinajstić information content (AvgIpc) is 3.22. The van der Waals surface area contributed by atoms with E-state index >= 15 is 0 Å². The summed E-state index contributed by atoms with van der Waals surface area (Å²) in [4.78, 5) is 21.1. The first-order valence-electron chi connectivity index (χ1n) is 11.7. The lowest BCUT2D eigenvalue weighted by atomic mass is 10.1. The number of aliphatic imine (C=N–C) groups is 1. The van der Waals surface area contributed by atoms with E-state index in [0.717, 1.165) is 17.7 Å². The van der Waals surface area contributed by atoms with Gasteiger partial charge in [-0.2, -0.15) is 13.2 Å². The molecule has 186 valence electrons. The summed E-state index contributed by atoms with van der Waals surface area (Å²) in [7, 11) is 0. The van der Waals surface area contributed by atoms with Gasteiger partial charge in [0.15, 0.2) is 5.75 Å². The minimum Gasteiger partial charge on any atom is -0.454 e. The summed E-state index contributed by atoms with van der Waals surface area (Å²) in [5.74, 6) is 1.08. The largest absolute Gasteiger partial charge is 0.454 e. The number of hydrogen-bond acceptors (Lipinski definition) is 5. The third-order valence-corrected chi connectivity index (χ3v) is 6.12. The van der Waals surface area contributed by atoms with Gasteiger partial charge in [0.2, 0.25) is 0 Å².